The molecule has 10 nitrogen and oxygen atoms in total. The van der Waals surface area contributed by atoms with E-state index in [0.717, 1.165) is 10.9 Å². The molecule has 0 unspecified atom stereocenters. The van der Waals surface area contributed by atoms with Crippen molar-refractivity contribution in [1.29, 1.82) is 0 Å². The van der Waals surface area contributed by atoms with Crippen molar-refractivity contribution in [3.8, 4) is 5.88 Å². The second kappa shape index (κ2) is 9.08. The molecule has 2 fully saturated rings. The molecular formula is C24H27N5O5S. The Morgan fingerprint density at radius 2 is 1.89 bits per heavy atom. The highest BCUT2D eigenvalue weighted by Crippen LogP contribution is 2.30. The van der Waals surface area contributed by atoms with E-state index in [4.69, 9.17) is 10.5 Å². The van der Waals surface area contributed by atoms with Crippen LogP contribution in [0.25, 0.3) is 10.9 Å². The number of benzene rings is 2. The Labute approximate surface area is 203 Å². The number of ether oxygens (including phenoxy) is 1. The van der Waals surface area contributed by atoms with Crippen LogP contribution in [0, 0.1) is 6.92 Å². The smallest absolute Gasteiger partial charge is 0.257 e. The number of carbonyl (C=O) groups is 1. The van der Waals surface area contributed by atoms with Crippen LogP contribution in [0.5, 0.6) is 5.88 Å². The molecule has 3 heterocycles. The van der Waals surface area contributed by atoms with Crippen LogP contribution in [-0.4, -0.2) is 74.2 Å². The molecule has 1 amide bonds. The number of hydrogen-bond donors (Lipinski definition) is 3. The molecule has 1 aromatic heterocycles. The van der Waals surface area contributed by atoms with Crippen molar-refractivity contribution < 1.29 is 23.1 Å². The number of aromatic hydroxyl groups is 1. The molecule has 11 heteroatoms. The molecule has 4 N–H and O–H groups in total. The number of anilines is 2. The van der Waals surface area contributed by atoms with Crippen molar-refractivity contribution in [3.63, 3.8) is 0 Å². The Kier molecular flexibility index (Phi) is 6.09. The molecule has 5 rings (SSSR count). The number of aryl methyl sites for hydroxylation is 1. The molecule has 0 atom stereocenters. The molecule has 184 valence electrons. The van der Waals surface area contributed by atoms with E-state index in [0.29, 0.717) is 43.2 Å². The van der Waals surface area contributed by atoms with Crippen molar-refractivity contribution in [2.45, 2.75) is 17.9 Å². The predicted octanol–water partition coefficient (Wildman–Crippen LogP) is 1.67. The van der Waals surface area contributed by atoms with Crippen molar-refractivity contribution in [3.05, 3.63) is 53.6 Å². The summed E-state index contributed by atoms with van der Waals surface area (Å²) in [5.41, 5.74) is 8.65. The van der Waals surface area contributed by atoms with Gasteiger partial charge in [-0.1, -0.05) is 0 Å². The van der Waals surface area contributed by atoms with Crippen LogP contribution >= 0.6 is 0 Å². The third kappa shape index (κ3) is 4.55. The van der Waals surface area contributed by atoms with Crippen LogP contribution in [-0.2, 0) is 14.8 Å². The van der Waals surface area contributed by atoms with Crippen molar-refractivity contribution in [2.24, 2.45) is 5.73 Å². The van der Waals surface area contributed by atoms with E-state index < -0.39 is 15.9 Å². The zero-order chi connectivity index (χ0) is 24.7. The molecule has 0 aliphatic carbocycles. The highest BCUT2D eigenvalue weighted by molar-refractivity contribution is 7.89. The average Bonchev–Trinajstić information content (AvgIpc) is 2.82. The summed E-state index contributed by atoms with van der Waals surface area (Å²) >= 11 is 0. The zero-order valence-electron chi connectivity index (χ0n) is 19.3. The minimum atomic E-state index is -3.75. The van der Waals surface area contributed by atoms with Gasteiger partial charge in [0.25, 0.3) is 5.91 Å². The first-order valence-corrected chi connectivity index (χ1v) is 12.8. The van der Waals surface area contributed by atoms with Crippen LogP contribution in [0.15, 0.2) is 47.4 Å². The van der Waals surface area contributed by atoms with Gasteiger partial charge in [0.1, 0.15) is 0 Å². The number of rotatable bonds is 5. The summed E-state index contributed by atoms with van der Waals surface area (Å²) in [6.07, 6.45) is 0. The van der Waals surface area contributed by atoms with Crippen LogP contribution in [0.1, 0.15) is 15.9 Å². The lowest BCUT2D eigenvalue weighted by molar-refractivity contribution is 0.102. The first-order chi connectivity index (χ1) is 16.7. The summed E-state index contributed by atoms with van der Waals surface area (Å²) in [5.74, 6) is -0.490. The number of amides is 1. The topological polar surface area (TPSA) is 138 Å². The van der Waals surface area contributed by atoms with Gasteiger partial charge in [-0.3, -0.25) is 4.79 Å². The third-order valence-electron chi connectivity index (χ3n) is 6.34. The molecular weight excluding hydrogens is 470 g/mol. The Hall–Kier alpha value is -3.25. The summed E-state index contributed by atoms with van der Waals surface area (Å²) in [4.78, 5) is 19.7. The zero-order valence-corrected chi connectivity index (χ0v) is 20.1. The van der Waals surface area contributed by atoms with Crippen LogP contribution < -0.4 is 16.0 Å². The maximum atomic E-state index is 13.5. The van der Waals surface area contributed by atoms with Gasteiger partial charge < -0.3 is 25.8 Å². The van der Waals surface area contributed by atoms with E-state index in [2.05, 4.69) is 10.3 Å². The second-order valence-electron chi connectivity index (χ2n) is 8.84. The van der Waals surface area contributed by atoms with E-state index in [1.807, 2.05) is 11.8 Å². The van der Waals surface area contributed by atoms with Crippen molar-refractivity contribution in [2.75, 3.05) is 49.6 Å². The fraction of sp³-hybridized carbons (Fsp3) is 0.333. The normalized spacial score (nSPS) is 17.4. The van der Waals surface area contributed by atoms with Gasteiger partial charge in [0.15, 0.2) is 0 Å². The molecule has 2 aromatic carbocycles. The standard InChI is InChI=1S/C24H27N5O5S/c1-15-10-23(30)27-21-4-2-17(11-19(15)21)26-24(31)20-12-18(35(32,33)29-13-16(25)14-29)3-5-22(20)28-6-8-34-9-7-28/h2-5,10-12,16H,6-9,13-14,25H2,1H3,(H,26,31)(H,27,30). The summed E-state index contributed by atoms with van der Waals surface area (Å²) in [7, 11) is -3.75. The highest BCUT2D eigenvalue weighted by atomic mass is 32.2. The fourth-order valence-electron chi connectivity index (χ4n) is 4.41. The van der Waals surface area contributed by atoms with E-state index in [9.17, 15) is 18.3 Å². The van der Waals surface area contributed by atoms with Crippen LogP contribution in [0.4, 0.5) is 11.4 Å². The number of fused-ring (bicyclic) bond motifs is 1. The number of hydrogen-bond acceptors (Lipinski definition) is 8. The number of pyridine rings is 1. The Bertz CT molecular complexity index is 1400. The van der Waals surface area contributed by atoms with Crippen LogP contribution in [0.3, 0.4) is 0 Å². The Morgan fingerprint density at radius 3 is 2.60 bits per heavy atom. The average molecular weight is 498 g/mol. The van der Waals surface area contributed by atoms with Gasteiger partial charge >= 0.3 is 0 Å². The molecule has 2 saturated heterocycles. The summed E-state index contributed by atoms with van der Waals surface area (Å²) in [5, 5.41) is 13.4. The monoisotopic (exact) mass is 497 g/mol. The lowest BCUT2D eigenvalue weighted by Gasteiger charge is -2.36. The quantitative estimate of drug-likeness (QED) is 0.484. The molecule has 0 radical (unpaired) electrons. The molecule has 0 bridgehead atoms. The van der Waals surface area contributed by atoms with E-state index in [-0.39, 0.29) is 35.5 Å². The van der Waals surface area contributed by atoms with Gasteiger partial charge in [-0.2, -0.15) is 4.31 Å². The van der Waals surface area contributed by atoms with Gasteiger partial charge in [0, 0.05) is 55.0 Å². The number of carbonyl (C=O) groups excluding carboxylic acids is 1. The lowest BCUT2D eigenvalue weighted by atomic mass is 10.1. The van der Waals surface area contributed by atoms with Crippen molar-refractivity contribution >= 4 is 38.2 Å². The van der Waals surface area contributed by atoms with E-state index in [1.54, 1.807) is 30.3 Å². The van der Waals surface area contributed by atoms with E-state index in [1.165, 1.54) is 16.4 Å². The molecule has 2 aliphatic rings. The van der Waals surface area contributed by atoms with E-state index >= 15 is 0 Å². The number of nitrogens with one attached hydrogen (secondary N) is 1. The first-order valence-electron chi connectivity index (χ1n) is 11.4. The Balaban J connectivity index is 1.50. The number of morpholine rings is 1. The number of nitrogens with two attached hydrogens (primary N) is 1. The summed E-state index contributed by atoms with van der Waals surface area (Å²) < 4.78 is 32.9. The van der Waals surface area contributed by atoms with Crippen molar-refractivity contribution in [1.82, 2.24) is 9.29 Å². The van der Waals surface area contributed by atoms with Crippen LogP contribution in [0.2, 0.25) is 0 Å². The maximum Gasteiger partial charge on any atom is 0.257 e. The first kappa shape index (κ1) is 23.5. The van der Waals surface area contributed by atoms with Gasteiger partial charge in [-0.25, -0.2) is 13.4 Å². The minimum absolute atomic E-state index is 0.0561. The molecule has 35 heavy (non-hydrogen) atoms. The SMILES string of the molecule is Cc1cc(O)nc2ccc(NC(=O)c3cc(S(=O)(=O)N4CC(N)C4)ccc3N3CCOCC3)cc12. The molecule has 0 saturated carbocycles. The largest absolute Gasteiger partial charge is 0.493 e. The molecule has 0 spiro atoms. The van der Waals surface area contributed by atoms with Gasteiger partial charge in [-0.15, -0.1) is 0 Å². The highest BCUT2D eigenvalue weighted by Gasteiger charge is 2.35. The Morgan fingerprint density at radius 1 is 1.14 bits per heavy atom. The number of aromatic nitrogens is 1. The summed E-state index contributed by atoms with van der Waals surface area (Å²) in [6.45, 7) is 4.61. The third-order valence-corrected chi connectivity index (χ3v) is 8.17. The molecule has 3 aromatic rings. The van der Waals surface area contributed by atoms with Gasteiger partial charge in [-0.05, 0) is 48.9 Å². The number of nitrogens with zero attached hydrogens (tertiary/aromatic N) is 3. The number of sulfonamides is 1. The second-order valence-corrected chi connectivity index (χ2v) is 10.8. The predicted molar refractivity (Wildman–Crippen MR) is 132 cm³/mol. The summed E-state index contributed by atoms with van der Waals surface area (Å²) in [6, 6.07) is 11.2. The van der Waals surface area contributed by atoms with Gasteiger partial charge in [0.2, 0.25) is 15.9 Å². The minimum Gasteiger partial charge on any atom is -0.493 e. The molecule has 2 aliphatic heterocycles. The fourth-order valence-corrected chi connectivity index (χ4v) is 5.99. The van der Waals surface area contributed by atoms with Gasteiger partial charge in [0.05, 0.1) is 29.2 Å². The lowest BCUT2D eigenvalue weighted by Crippen LogP contribution is -2.57. The maximum absolute atomic E-state index is 13.5.